The fourth-order valence-corrected chi connectivity index (χ4v) is 11.3. The van der Waals surface area contributed by atoms with Gasteiger partial charge in [-0.3, -0.25) is 24.1 Å². The largest absolute Gasteiger partial charge is 0.483 e. The Kier molecular flexibility index (Phi) is 7.33. The maximum absolute atomic E-state index is 14.0. The van der Waals surface area contributed by atoms with Crippen LogP contribution in [0.15, 0.2) is 82.6 Å². The third-order valence-electron chi connectivity index (χ3n) is 10.1. The van der Waals surface area contributed by atoms with E-state index in [1.54, 1.807) is 18.2 Å². The number of nitrogens with zero attached hydrogens (tertiary/aromatic N) is 1. The molecule has 3 amide bonds. The molecule has 1 aromatic heterocycles. The van der Waals surface area contributed by atoms with E-state index in [9.17, 15) is 32.3 Å². The fourth-order valence-electron chi connectivity index (χ4n) is 8.37. The van der Waals surface area contributed by atoms with Crippen molar-refractivity contribution in [2.24, 2.45) is 29.6 Å². The van der Waals surface area contributed by atoms with Crippen LogP contribution in [0.1, 0.15) is 33.9 Å². The lowest BCUT2D eigenvalue weighted by molar-refractivity contribution is -0.137. The number of carbonyl (C=O) groups excluding carboxylic acids is 3. The van der Waals surface area contributed by atoms with E-state index in [0.717, 1.165) is 44.4 Å². The second kappa shape index (κ2) is 11.4. The summed E-state index contributed by atoms with van der Waals surface area (Å²) < 4.78 is 46.8. The summed E-state index contributed by atoms with van der Waals surface area (Å²) in [7, 11) is 0. The average Bonchev–Trinajstić information content (AvgIpc) is 3.78. The Balaban J connectivity index is 1.12. The minimum absolute atomic E-state index is 0.0769. The molecule has 8 nitrogen and oxygen atoms in total. The van der Waals surface area contributed by atoms with Crippen molar-refractivity contribution in [2.75, 3.05) is 16.8 Å². The number of aryl methyl sites for hydroxylation is 1. The molecular weight excluding hydrogens is 664 g/mol. The third-order valence-corrected chi connectivity index (χ3v) is 12.7. The van der Waals surface area contributed by atoms with E-state index in [2.05, 4.69) is 10.3 Å². The highest BCUT2D eigenvalue weighted by atomic mass is 32.2. The van der Waals surface area contributed by atoms with Gasteiger partial charge in [0.1, 0.15) is 5.75 Å². The number of hydrogen-bond donors (Lipinski definition) is 2. The number of nitrogens with one attached hydrogen (secondary N) is 2. The van der Waals surface area contributed by atoms with Crippen molar-refractivity contribution in [3.05, 3.63) is 104 Å². The van der Waals surface area contributed by atoms with Crippen LogP contribution in [0.25, 0.3) is 0 Å². The van der Waals surface area contributed by atoms with Gasteiger partial charge in [-0.05, 0) is 73.1 Å². The van der Waals surface area contributed by atoms with Crippen molar-refractivity contribution < 1.29 is 32.3 Å². The molecule has 4 aliphatic rings. The van der Waals surface area contributed by atoms with Gasteiger partial charge in [0.05, 0.1) is 28.1 Å². The van der Waals surface area contributed by atoms with Crippen LogP contribution in [0.3, 0.4) is 0 Å². The van der Waals surface area contributed by atoms with Gasteiger partial charge in [0.15, 0.2) is 6.61 Å². The molecule has 48 heavy (non-hydrogen) atoms. The zero-order valence-electron chi connectivity index (χ0n) is 25.3. The first-order valence-corrected chi connectivity index (χ1v) is 17.2. The van der Waals surface area contributed by atoms with Gasteiger partial charge in [-0.15, -0.1) is 11.8 Å². The predicted molar refractivity (Wildman–Crippen MR) is 174 cm³/mol. The molecule has 8 rings (SSSR count). The number of amides is 3. The summed E-state index contributed by atoms with van der Waals surface area (Å²) in [6.07, 6.45) is -4.01. The number of ether oxygens (including phenoxy) is 1. The molecule has 4 aromatic rings. The summed E-state index contributed by atoms with van der Waals surface area (Å²) in [4.78, 5) is 58.0. The summed E-state index contributed by atoms with van der Waals surface area (Å²) in [5.41, 5.74) is 1.41. The summed E-state index contributed by atoms with van der Waals surface area (Å²) in [5, 5.41) is 3.42. The molecule has 246 valence electrons. The number of aromatic amines is 1. The van der Waals surface area contributed by atoms with E-state index >= 15 is 0 Å². The molecular formula is C35H28F3N3O5S2. The van der Waals surface area contributed by atoms with Gasteiger partial charge in [-0.2, -0.15) is 13.2 Å². The number of fused-ring (bicyclic) bond motifs is 9. The smallest absolute Gasteiger partial charge is 0.416 e. The number of halogens is 3. The molecule has 13 heteroatoms. The van der Waals surface area contributed by atoms with Crippen LogP contribution in [-0.2, 0) is 20.6 Å². The number of para-hydroxylation sites is 1. The number of hydrogen-bond acceptors (Lipinski definition) is 7. The highest BCUT2D eigenvalue weighted by molar-refractivity contribution is 8.00. The number of carbonyl (C=O) groups is 3. The Hall–Kier alpha value is -4.36. The van der Waals surface area contributed by atoms with Crippen LogP contribution in [0.5, 0.6) is 5.75 Å². The zero-order chi connectivity index (χ0) is 33.5. The second-order valence-corrected chi connectivity index (χ2v) is 15.0. The standard InChI is InChI=1S/C35H28F3N3O5S2/c1-16-6-4-8-18(12-16)39-24(42)15-46-23-11-3-2-10-20(23)25-26-21-14-22(29(26)47-31-30(25)48-34(45)40-31)28-27(21)32(43)41(33(28)44)19-9-5-7-17(13-19)35(36,37)38/h2-13,21-22,25-29H,14-15H2,1H3,(H,39,42)(H,40,45)/t21-,22-,25+,26-,27+,28+,29-/m1/s1. The lowest BCUT2D eigenvalue weighted by Crippen LogP contribution is -2.42. The Bertz CT molecular complexity index is 2040. The van der Waals surface area contributed by atoms with Crippen molar-refractivity contribution in [1.29, 1.82) is 0 Å². The van der Waals surface area contributed by atoms with Crippen LogP contribution in [0.2, 0.25) is 0 Å². The van der Waals surface area contributed by atoms with Gasteiger partial charge < -0.3 is 15.0 Å². The molecule has 3 heterocycles. The highest BCUT2D eigenvalue weighted by Gasteiger charge is 2.70. The number of rotatable bonds is 6. The molecule has 3 fully saturated rings. The number of thiazole rings is 1. The quantitative estimate of drug-likeness (QED) is 0.225. The number of alkyl halides is 3. The minimum atomic E-state index is -4.62. The molecule has 0 spiro atoms. The normalized spacial score (nSPS) is 27.1. The number of aromatic nitrogens is 1. The Labute approximate surface area is 280 Å². The second-order valence-electron chi connectivity index (χ2n) is 12.8. The molecule has 1 saturated heterocycles. The number of benzene rings is 3. The van der Waals surface area contributed by atoms with E-state index in [1.165, 1.54) is 23.9 Å². The molecule has 2 N–H and O–H groups in total. The van der Waals surface area contributed by atoms with Crippen molar-refractivity contribution >= 4 is 52.2 Å². The van der Waals surface area contributed by atoms with Crippen molar-refractivity contribution in [1.82, 2.24) is 4.98 Å². The van der Waals surface area contributed by atoms with Crippen LogP contribution in [-0.4, -0.2) is 34.6 Å². The molecule has 2 aliphatic carbocycles. The van der Waals surface area contributed by atoms with Crippen LogP contribution in [0.4, 0.5) is 24.5 Å². The lowest BCUT2D eigenvalue weighted by atomic mass is 9.68. The third kappa shape index (κ3) is 4.97. The summed E-state index contributed by atoms with van der Waals surface area (Å²) in [6.45, 7) is 1.67. The fraction of sp³-hybridized carbons (Fsp3) is 0.314. The lowest BCUT2D eigenvalue weighted by Gasteiger charge is -2.43. The summed E-state index contributed by atoms with van der Waals surface area (Å²) in [6, 6.07) is 19.1. The topological polar surface area (TPSA) is 109 Å². The van der Waals surface area contributed by atoms with Crippen molar-refractivity contribution in [3.63, 3.8) is 0 Å². The summed E-state index contributed by atoms with van der Waals surface area (Å²) in [5.74, 6) is -3.17. The van der Waals surface area contributed by atoms with E-state index < -0.39 is 35.4 Å². The van der Waals surface area contributed by atoms with E-state index in [1.807, 2.05) is 37.3 Å². The van der Waals surface area contributed by atoms with E-state index in [4.69, 9.17) is 4.74 Å². The summed E-state index contributed by atoms with van der Waals surface area (Å²) >= 11 is 2.61. The number of H-pyrrole nitrogens is 1. The Morgan fingerprint density at radius 1 is 0.979 bits per heavy atom. The van der Waals surface area contributed by atoms with Crippen LogP contribution >= 0.6 is 23.1 Å². The molecule has 0 unspecified atom stereocenters. The molecule has 2 aliphatic heterocycles. The zero-order valence-corrected chi connectivity index (χ0v) is 27.0. The van der Waals surface area contributed by atoms with E-state index in [0.29, 0.717) is 22.9 Å². The molecule has 3 aromatic carbocycles. The van der Waals surface area contributed by atoms with Gasteiger partial charge in [0.2, 0.25) is 11.8 Å². The van der Waals surface area contributed by atoms with Gasteiger partial charge in [0.25, 0.3) is 5.91 Å². The van der Waals surface area contributed by atoms with Gasteiger partial charge in [-0.1, -0.05) is 47.7 Å². The van der Waals surface area contributed by atoms with E-state index in [-0.39, 0.29) is 52.0 Å². The van der Waals surface area contributed by atoms with Gasteiger partial charge >= 0.3 is 11.0 Å². The minimum Gasteiger partial charge on any atom is -0.483 e. The van der Waals surface area contributed by atoms with Crippen molar-refractivity contribution in [3.8, 4) is 5.75 Å². The van der Waals surface area contributed by atoms with Gasteiger partial charge in [-0.25, -0.2) is 0 Å². The molecule has 2 saturated carbocycles. The van der Waals surface area contributed by atoms with Gasteiger partial charge in [0, 0.05) is 27.3 Å². The Morgan fingerprint density at radius 2 is 1.73 bits per heavy atom. The number of anilines is 2. The highest BCUT2D eigenvalue weighted by Crippen LogP contribution is 2.69. The predicted octanol–water partition coefficient (Wildman–Crippen LogP) is 6.46. The van der Waals surface area contributed by atoms with Crippen LogP contribution in [0, 0.1) is 36.5 Å². The average molecular weight is 692 g/mol. The molecule has 2 bridgehead atoms. The van der Waals surface area contributed by atoms with Crippen molar-refractivity contribution in [2.45, 2.75) is 35.7 Å². The first kappa shape index (κ1) is 30.9. The van der Waals surface area contributed by atoms with Crippen LogP contribution < -0.4 is 19.8 Å². The first-order valence-electron chi connectivity index (χ1n) is 15.5. The number of imide groups is 1. The maximum Gasteiger partial charge on any atom is 0.416 e. The SMILES string of the molecule is Cc1cccc(NC(=O)COc2ccccc2[C@@H]2c3sc(=O)[nH]c3S[C@@H]3[C@@H]4C[C@@H]([C@@H]5C(=O)N(c6cccc(C(F)(F)F)c6)C(=O)[C@@H]45)[C@H]23)c1. The molecule has 0 radical (unpaired) electrons. The Morgan fingerprint density at radius 3 is 2.50 bits per heavy atom. The maximum atomic E-state index is 14.0. The molecule has 7 atom stereocenters. The number of thioether (sulfide) groups is 1. The first-order chi connectivity index (χ1) is 23.0. The monoisotopic (exact) mass is 691 g/mol.